The van der Waals surface area contributed by atoms with Crippen molar-refractivity contribution >= 4 is 40.3 Å². The van der Waals surface area contributed by atoms with Crippen LogP contribution in [0.1, 0.15) is 10.4 Å². The Balaban J connectivity index is 1.18. The van der Waals surface area contributed by atoms with Crippen molar-refractivity contribution in [2.45, 2.75) is 0 Å². The molecule has 10 heteroatoms. The second-order valence-electron chi connectivity index (χ2n) is 9.21. The summed E-state index contributed by atoms with van der Waals surface area (Å²) >= 11 is 5.54. The summed E-state index contributed by atoms with van der Waals surface area (Å²) in [5.41, 5.74) is 4.36. The number of morpholine rings is 1. The molecule has 0 unspecified atom stereocenters. The van der Waals surface area contributed by atoms with Crippen molar-refractivity contribution in [1.29, 1.82) is 0 Å². The highest BCUT2D eigenvalue weighted by atomic mass is 32.1. The SMILES string of the molecule is O=C(NC(=S)N1CCN(c2ccc([N+](=O)[O-])c(N3CCOCC3)c2)CC1)c1ccc(-c2ccccc2)cc1. The van der Waals surface area contributed by atoms with Gasteiger partial charge in [-0.15, -0.1) is 0 Å². The third kappa shape index (κ3) is 5.76. The van der Waals surface area contributed by atoms with Gasteiger partial charge >= 0.3 is 0 Å². The lowest BCUT2D eigenvalue weighted by Gasteiger charge is -2.37. The summed E-state index contributed by atoms with van der Waals surface area (Å²) in [6, 6.07) is 22.8. The zero-order valence-corrected chi connectivity index (χ0v) is 21.7. The van der Waals surface area contributed by atoms with Gasteiger partial charge in [0, 0.05) is 56.6 Å². The molecule has 0 atom stereocenters. The number of rotatable bonds is 5. The van der Waals surface area contributed by atoms with Gasteiger partial charge in [0.2, 0.25) is 0 Å². The molecule has 0 bridgehead atoms. The Hall–Kier alpha value is -4.02. The summed E-state index contributed by atoms with van der Waals surface area (Å²) < 4.78 is 5.41. The third-order valence-corrected chi connectivity index (χ3v) is 7.27. The number of nitro groups is 1. The number of amides is 1. The quantitative estimate of drug-likeness (QED) is 0.301. The minimum absolute atomic E-state index is 0.106. The number of benzene rings is 3. The van der Waals surface area contributed by atoms with Crippen molar-refractivity contribution in [3.63, 3.8) is 0 Å². The first-order valence-corrected chi connectivity index (χ1v) is 13.0. The van der Waals surface area contributed by atoms with E-state index in [1.807, 2.05) is 58.3 Å². The van der Waals surface area contributed by atoms with E-state index >= 15 is 0 Å². The molecular weight excluding hydrogens is 502 g/mol. The number of nitrogens with zero attached hydrogens (tertiary/aromatic N) is 4. The molecule has 2 fully saturated rings. The van der Waals surface area contributed by atoms with E-state index in [0.717, 1.165) is 16.8 Å². The molecule has 0 spiro atoms. The van der Waals surface area contributed by atoms with Gasteiger partial charge in [0.15, 0.2) is 5.11 Å². The van der Waals surface area contributed by atoms with Gasteiger partial charge in [0.25, 0.3) is 11.6 Å². The van der Waals surface area contributed by atoms with Crippen LogP contribution in [0.2, 0.25) is 0 Å². The monoisotopic (exact) mass is 531 g/mol. The molecule has 2 heterocycles. The predicted molar refractivity (Wildman–Crippen MR) is 152 cm³/mol. The minimum Gasteiger partial charge on any atom is -0.378 e. The van der Waals surface area contributed by atoms with Crippen molar-refractivity contribution in [3.8, 4) is 11.1 Å². The first kappa shape index (κ1) is 25.6. The third-order valence-electron chi connectivity index (χ3n) is 6.91. The van der Waals surface area contributed by atoms with Gasteiger partial charge in [0.05, 0.1) is 18.1 Å². The molecule has 5 rings (SSSR count). The normalized spacial score (nSPS) is 15.7. The van der Waals surface area contributed by atoms with Crippen LogP contribution in [0.3, 0.4) is 0 Å². The molecule has 9 nitrogen and oxygen atoms in total. The first-order chi connectivity index (χ1) is 18.5. The standard InChI is InChI=1S/C28H29N5O4S/c34-27(23-8-6-22(7-9-23)21-4-2-1-3-5-21)29-28(38)32-14-12-30(13-15-32)24-10-11-25(33(35)36)26(20-24)31-16-18-37-19-17-31/h1-11,20H,12-19H2,(H,29,34,38). The lowest BCUT2D eigenvalue weighted by atomic mass is 10.0. The predicted octanol–water partition coefficient (Wildman–Crippen LogP) is 3.94. The van der Waals surface area contributed by atoms with Crippen LogP contribution in [0.4, 0.5) is 17.1 Å². The number of carbonyl (C=O) groups excluding carboxylic acids is 1. The van der Waals surface area contributed by atoms with Crippen LogP contribution < -0.4 is 15.1 Å². The fourth-order valence-corrected chi connectivity index (χ4v) is 5.06. The van der Waals surface area contributed by atoms with Crippen LogP contribution in [0.15, 0.2) is 72.8 Å². The number of carbonyl (C=O) groups is 1. The average molecular weight is 532 g/mol. The molecule has 1 N–H and O–H groups in total. The van der Waals surface area contributed by atoms with Gasteiger partial charge in [0.1, 0.15) is 5.69 Å². The molecule has 0 saturated carbocycles. The Morgan fingerprint density at radius 3 is 2.16 bits per heavy atom. The molecular formula is C28H29N5O4S. The van der Waals surface area contributed by atoms with E-state index in [1.165, 1.54) is 0 Å². The van der Waals surface area contributed by atoms with Crippen molar-refractivity contribution < 1.29 is 14.5 Å². The Morgan fingerprint density at radius 1 is 0.842 bits per heavy atom. The maximum Gasteiger partial charge on any atom is 0.292 e. The Kier molecular flexibility index (Phi) is 7.81. The molecule has 2 saturated heterocycles. The summed E-state index contributed by atoms with van der Waals surface area (Å²) in [4.78, 5) is 30.3. The zero-order valence-electron chi connectivity index (χ0n) is 20.9. The number of nitrogens with one attached hydrogen (secondary N) is 1. The smallest absolute Gasteiger partial charge is 0.292 e. The van der Waals surface area contributed by atoms with Crippen LogP contribution in [0, 0.1) is 10.1 Å². The molecule has 3 aromatic rings. The molecule has 2 aliphatic rings. The van der Waals surface area contributed by atoms with Crippen molar-refractivity contribution in [3.05, 3.63) is 88.5 Å². The lowest BCUT2D eigenvalue weighted by molar-refractivity contribution is -0.384. The summed E-state index contributed by atoms with van der Waals surface area (Å²) in [5, 5.41) is 14.9. The number of thiocarbonyl (C=S) groups is 1. The van der Waals surface area contributed by atoms with Crippen LogP contribution in [-0.4, -0.2) is 73.3 Å². The molecule has 3 aromatic carbocycles. The van der Waals surface area contributed by atoms with Gasteiger partial charge in [-0.25, -0.2) is 0 Å². The summed E-state index contributed by atoms with van der Waals surface area (Å²) in [6.45, 7) is 5.00. The number of anilines is 2. The molecule has 0 aromatic heterocycles. The second-order valence-corrected chi connectivity index (χ2v) is 9.59. The minimum atomic E-state index is -0.331. The maximum atomic E-state index is 12.8. The Labute approximate surface area is 226 Å². The summed E-state index contributed by atoms with van der Waals surface area (Å²) in [5.74, 6) is -0.234. The van der Waals surface area contributed by atoms with Gasteiger partial charge in [-0.05, 0) is 47.6 Å². The lowest BCUT2D eigenvalue weighted by Crippen LogP contribution is -2.52. The molecule has 0 aliphatic carbocycles. The van der Waals surface area contributed by atoms with E-state index < -0.39 is 0 Å². The molecule has 38 heavy (non-hydrogen) atoms. The van der Waals surface area contributed by atoms with Gasteiger partial charge < -0.3 is 19.4 Å². The average Bonchev–Trinajstić information content (AvgIpc) is 2.98. The van der Waals surface area contributed by atoms with Gasteiger partial charge in [-0.2, -0.15) is 0 Å². The van der Waals surface area contributed by atoms with Crippen molar-refractivity contribution in [2.75, 3.05) is 62.3 Å². The summed E-state index contributed by atoms with van der Waals surface area (Å²) in [6.07, 6.45) is 0. The van der Waals surface area contributed by atoms with E-state index in [-0.39, 0.29) is 16.5 Å². The fraction of sp³-hybridized carbons (Fsp3) is 0.286. The highest BCUT2D eigenvalue weighted by Crippen LogP contribution is 2.33. The highest BCUT2D eigenvalue weighted by molar-refractivity contribution is 7.80. The molecule has 196 valence electrons. The van der Waals surface area contributed by atoms with Crippen LogP contribution in [0.5, 0.6) is 0 Å². The number of hydrogen-bond acceptors (Lipinski definition) is 7. The van der Waals surface area contributed by atoms with Crippen LogP contribution >= 0.6 is 12.2 Å². The maximum absolute atomic E-state index is 12.8. The Bertz CT molecular complexity index is 1300. The molecule has 1 amide bonds. The number of hydrogen-bond donors (Lipinski definition) is 1. The van der Waals surface area contributed by atoms with Crippen molar-refractivity contribution in [1.82, 2.24) is 10.2 Å². The molecule has 2 aliphatic heterocycles. The summed E-state index contributed by atoms with van der Waals surface area (Å²) in [7, 11) is 0. The Morgan fingerprint density at radius 2 is 1.50 bits per heavy atom. The second kappa shape index (κ2) is 11.6. The number of ether oxygens (including phenoxy) is 1. The van der Waals surface area contributed by atoms with Gasteiger partial charge in [-0.3, -0.25) is 20.2 Å². The zero-order chi connectivity index (χ0) is 26.5. The van der Waals surface area contributed by atoms with Crippen LogP contribution in [0.25, 0.3) is 11.1 Å². The fourth-order valence-electron chi connectivity index (χ4n) is 4.78. The highest BCUT2D eigenvalue weighted by Gasteiger charge is 2.25. The van der Waals surface area contributed by atoms with Gasteiger partial charge in [-0.1, -0.05) is 42.5 Å². The number of nitro benzene ring substituents is 1. The number of piperazine rings is 1. The van der Waals surface area contributed by atoms with E-state index in [0.29, 0.717) is 68.8 Å². The topological polar surface area (TPSA) is 91.2 Å². The van der Waals surface area contributed by atoms with E-state index in [9.17, 15) is 14.9 Å². The molecule has 0 radical (unpaired) electrons. The largest absolute Gasteiger partial charge is 0.378 e. The first-order valence-electron chi connectivity index (χ1n) is 12.6. The van der Waals surface area contributed by atoms with E-state index in [4.69, 9.17) is 17.0 Å². The van der Waals surface area contributed by atoms with E-state index in [1.54, 1.807) is 24.3 Å². The van der Waals surface area contributed by atoms with E-state index in [2.05, 4.69) is 10.2 Å². The van der Waals surface area contributed by atoms with Crippen LogP contribution in [-0.2, 0) is 4.74 Å². The van der Waals surface area contributed by atoms with Crippen molar-refractivity contribution in [2.24, 2.45) is 0 Å².